The molecule has 1 aromatic carbocycles. The number of nitro groups is 1. The van der Waals surface area contributed by atoms with E-state index in [1.54, 1.807) is 6.92 Å². The van der Waals surface area contributed by atoms with Gasteiger partial charge in [0.15, 0.2) is 0 Å². The van der Waals surface area contributed by atoms with Crippen molar-refractivity contribution in [3.05, 3.63) is 33.9 Å². The second-order valence-corrected chi connectivity index (χ2v) is 4.32. The topological polar surface area (TPSA) is 55.2 Å². The van der Waals surface area contributed by atoms with Crippen LogP contribution in [0.3, 0.4) is 0 Å². The summed E-state index contributed by atoms with van der Waals surface area (Å²) in [6, 6.07) is 2.59. The van der Waals surface area contributed by atoms with Crippen molar-refractivity contribution in [1.82, 2.24) is 0 Å². The predicted molar refractivity (Wildman–Crippen MR) is 66.1 cm³/mol. The SMILES string of the molecule is CCCC(C)Nc1ccc([N+](=O)[O-])cc1C(F)(F)F. The van der Waals surface area contributed by atoms with Gasteiger partial charge in [-0.2, -0.15) is 13.2 Å². The Morgan fingerprint density at radius 2 is 2.05 bits per heavy atom. The van der Waals surface area contributed by atoms with Crippen LogP contribution in [0.25, 0.3) is 0 Å². The molecule has 7 heteroatoms. The predicted octanol–water partition coefficient (Wildman–Crippen LogP) is 4.21. The Morgan fingerprint density at radius 1 is 1.42 bits per heavy atom. The summed E-state index contributed by atoms with van der Waals surface area (Å²) < 4.78 is 38.6. The van der Waals surface area contributed by atoms with E-state index in [-0.39, 0.29) is 11.7 Å². The van der Waals surface area contributed by atoms with Crippen molar-refractivity contribution in [3.63, 3.8) is 0 Å². The van der Waals surface area contributed by atoms with E-state index >= 15 is 0 Å². The number of anilines is 1. The van der Waals surface area contributed by atoms with Crippen LogP contribution in [0.2, 0.25) is 0 Å². The van der Waals surface area contributed by atoms with Gasteiger partial charge in [-0.05, 0) is 19.4 Å². The van der Waals surface area contributed by atoms with Gasteiger partial charge in [0.05, 0.1) is 10.5 Å². The molecule has 1 rings (SSSR count). The first-order valence-corrected chi connectivity index (χ1v) is 5.88. The molecule has 0 aliphatic rings. The molecule has 1 N–H and O–H groups in total. The fraction of sp³-hybridized carbons (Fsp3) is 0.500. The standard InChI is InChI=1S/C12H15F3N2O2/c1-3-4-8(2)16-11-6-5-9(17(18)19)7-10(11)12(13,14)15/h5-8,16H,3-4H2,1-2H3. The van der Waals surface area contributed by atoms with Crippen LogP contribution in [0.5, 0.6) is 0 Å². The Balaban J connectivity index is 3.13. The van der Waals surface area contributed by atoms with Crippen molar-refractivity contribution in [3.8, 4) is 0 Å². The summed E-state index contributed by atoms with van der Waals surface area (Å²) in [6.07, 6.45) is -3.07. The van der Waals surface area contributed by atoms with Crippen LogP contribution < -0.4 is 5.32 Å². The summed E-state index contributed by atoms with van der Waals surface area (Å²) in [5, 5.41) is 13.3. The summed E-state index contributed by atoms with van der Waals surface area (Å²) in [5.74, 6) is 0. The fourth-order valence-electron chi connectivity index (χ4n) is 1.78. The Hall–Kier alpha value is -1.79. The van der Waals surface area contributed by atoms with E-state index in [9.17, 15) is 23.3 Å². The van der Waals surface area contributed by atoms with Crippen LogP contribution in [0, 0.1) is 10.1 Å². The van der Waals surface area contributed by atoms with Gasteiger partial charge in [-0.25, -0.2) is 0 Å². The smallest absolute Gasteiger partial charge is 0.382 e. The third kappa shape index (κ3) is 4.11. The van der Waals surface area contributed by atoms with E-state index in [1.165, 1.54) is 0 Å². The molecule has 1 aromatic rings. The quantitative estimate of drug-likeness (QED) is 0.647. The highest BCUT2D eigenvalue weighted by atomic mass is 19.4. The molecule has 0 radical (unpaired) electrons. The molecule has 1 unspecified atom stereocenters. The molecule has 4 nitrogen and oxygen atoms in total. The molecule has 19 heavy (non-hydrogen) atoms. The number of rotatable bonds is 5. The van der Waals surface area contributed by atoms with Crippen molar-refractivity contribution in [2.75, 3.05) is 5.32 Å². The summed E-state index contributed by atoms with van der Waals surface area (Å²) in [7, 11) is 0. The van der Waals surface area contributed by atoms with Crippen LogP contribution in [0.1, 0.15) is 32.3 Å². The van der Waals surface area contributed by atoms with Gasteiger partial charge in [0.2, 0.25) is 0 Å². The Morgan fingerprint density at radius 3 is 2.53 bits per heavy atom. The lowest BCUT2D eigenvalue weighted by molar-refractivity contribution is -0.385. The number of benzene rings is 1. The van der Waals surface area contributed by atoms with E-state index < -0.39 is 22.4 Å². The van der Waals surface area contributed by atoms with Crippen LogP contribution in [-0.2, 0) is 6.18 Å². The molecular weight excluding hydrogens is 261 g/mol. The number of nitrogens with zero attached hydrogens (tertiary/aromatic N) is 1. The molecule has 0 spiro atoms. The van der Waals surface area contributed by atoms with E-state index in [2.05, 4.69) is 5.32 Å². The van der Waals surface area contributed by atoms with E-state index in [1.807, 2.05) is 6.92 Å². The maximum absolute atomic E-state index is 12.9. The van der Waals surface area contributed by atoms with Crippen LogP contribution in [0.15, 0.2) is 18.2 Å². The molecule has 0 aliphatic carbocycles. The van der Waals surface area contributed by atoms with Crippen molar-refractivity contribution < 1.29 is 18.1 Å². The fourth-order valence-corrected chi connectivity index (χ4v) is 1.78. The molecule has 0 aliphatic heterocycles. The molecular formula is C12H15F3N2O2. The summed E-state index contributed by atoms with van der Waals surface area (Å²) in [5.41, 5.74) is -1.70. The maximum atomic E-state index is 12.9. The molecule has 0 heterocycles. The highest BCUT2D eigenvalue weighted by Gasteiger charge is 2.35. The molecule has 106 valence electrons. The summed E-state index contributed by atoms with van der Waals surface area (Å²) >= 11 is 0. The number of hydrogen-bond acceptors (Lipinski definition) is 3. The van der Waals surface area contributed by atoms with Gasteiger partial charge in [0, 0.05) is 23.9 Å². The zero-order chi connectivity index (χ0) is 14.6. The zero-order valence-electron chi connectivity index (χ0n) is 10.6. The largest absolute Gasteiger partial charge is 0.418 e. The van der Waals surface area contributed by atoms with Gasteiger partial charge in [-0.3, -0.25) is 10.1 Å². The number of nitro benzene ring substituents is 1. The third-order valence-corrected chi connectivity index (χ3v) is 2.64. The normalized spacial score (nSPS) is 13.1. The molecule has 0 bridgehead atoms. The summed E-state index contributed by atoms with van der Waals surface area (Å²) in [4.78, 5) is 9.70. The first kappa shape index (κ1) is 15.3. The lowest BCUT2D eigenvalue weighted by Crippen LogP contribution is -2.18. The zero-order valence-corrected chi connectivity index (χ0v) is 10.6. The van der Waals surface area contributed by atoms with E-state index in [0.717, 1.165) is 18.6 Å². The van der Waals surface area contributed by atoms with Crippen molar-refractivity contribution in [2.24, 2.45) is 0 Å². The van der Waals surface area contributed by atoms with Gasteiger partial charge in [-0.15, -0.1) is 0 Å². The molecule has 0 fully saturated rings. The van der Waals surface area contributed by atoms with Gasteiger partial charge < -0.3 is 5.32 Å². The number of halogens is 3. The van der Waals surface area contributed by atoms with Crippen LogP contribution in [-0.4, -0.2) is 11.0 Å². The van der Waals surface area contributed by atoms with Crippen molar-refractivity contribution >= 4 is 11.4 Å². The maximum Gasteiger partial charge on any atom is 0.418 e. The molecule has 1 atom stereocenters. The highest BCUT2D eigenvalue weighted by Crippen LogP contribution is 2.37. The van der Waals surface area contributed by atoms with Gasteiger partial charge in [0.25, 0.3) is 5.69 Å². The second kappa shape index (κ2) is 5.90. The minimum absolute atomic E-state index is 0.126. The second-order valence-electron chi connectivity index (χ2n) is 4.32. The number of non-ortho nitro benzene ring substituents is 1. The van der Waals surface area contributed by atoms with Crippen LogP contribution in [0.4, 0.5) is 24.5 Å². The number of nitrogens with one attached hydrogen (secondary N) is 1. The Kier molecular flexibility index (Phi) is 4.74. The van der Waals surface area contributed by atoms with Crippen molar-refractivity contribution in [2.45, 2.75) is 38.9 Å². The van der Waals surface area contributed by atoms with Gasteiger partial charge in [-0.1, -0.05) is 13.3 Å². The lowest BCUT2D eigenvalue weighted by Gasteiger charge is -2.18. The average molecular weight is 276 g/mol. The first-order chi connectivity index (χ1) is 8.75. The lowest BCUT2D eigenvalue weighted by atomic mass is 10.1. The number of alkyl halides is 3. The molecule has 0 saturated heterocycles. The minimum Gasteiger partial charge on any atom is -0.382 e. The Labute approximate surface area is 108 Å². The Bertz CT molecular complexity index is 461. The monoisotopic (exact) mass is 276 g/mol. The van der Waals surface area contributed by atoms with Crippen molar-refractivity contribution in [1.29, 1.82) is 0 Å². The van der Waals surface area contributed by atoms with E-state index in [0.29, 0.717) is 12.5 Å². The first-order valence-electron chi connectivity index (χ1n) is 5.88. The molecule has 0 amide bonds. The van der Waals surface area contributed by atoms with E-state index in [4.69, 9.17) is 0 Å². The third-order valence-electron chi connectivity index (χ3n) is 2.64. The minimum atomic E-state index is -4.62. The van der Waals surface area contributed by atoms with Gasteiger partial charge >= 0.3 is 6.18 Å². The van der Waals surface area contributed by atoms with Crippen LogP contribution >= 0.6 is 0 Å². The molecule has 0 aromatic heterocycles. The summed E-state index contributed by atoms with van der Waals surface area (Å²) in [6.45, 7) is 3.70. The highest BCUT2D eigenvalue weighted by molar-refractivity contribution is 5.57. The van der Waals surface area contributed by atoms with Gasteiger partial charge in [0.1, 0.15) is 0 Å². The number of hydrogen-bond donors (Lipinski definition) is 1. The molecule has 0 saturated carbocycles. The average Bonchev–Trinajstić information content (AvgIpc) is 2.27.